The van der Waals surface area contributed by atoms with E-state index in [1.165, 1.54) is 19.3 Å². The Morgan fingerprint density at radius 2 is 1.89 bits per heavy atom. The molecular formula is C7H18OSi. The van der Waals surface area contributed by atoms with Crippen molar-refractivity contribution in [1.82, 2.24) is 0 Å². The SMILES string of the molecule is C=C.CCCCCO[SiH3]. The average Bonchev–Trinajstić information content (AvgIpc) is 1.94. The minimum absolute atomic E-state index is 0.906. The zero-order valence-electron chi connectivity index (χ0n) is 6.65. The van der Waals surface area contributed by atoms with Gasteiger partial charge in [0.1, 0.15) is 10.5 Å². The molecule has 0 aliphatic carbocycles. The molecule has 0 spiro atoms. The molecule has 0 amide bonds. The Balaban J connectivity index is 0. The van der Waals surface area contributed by atoms with Crippen molar-refractivity contribution < 1.29 is 4.43 Å². The zero-order valence-corrected chi connectivity index (χ0v) is 8.65. The highest BCUT2D eigenvalue weighted by Crippen LogP contribution is 1.91. The summed E-state index contributed by atoms with van der Waals surface area (Å²) in [6.07, 6.45) is 3.87. The van der Waals surface area contributed by atoms with Gasteiger partial charge in [-0.05, 0) is 6.42 Å². The van der Waals surface area contributed by atoms with Crippen molar-refractivity contribution >= 4 is 10.5 Å². The summed E-state index contributed by atoms with van der Waals surface area (Å²) in [7, 11) is 0.906. The van der Waals surface area contributed by atoms with Crippen LogP contribution in [0.25, 0.3) is 0 Å². The molecular weight excluding hydrogens is 128 g/mol. The molecule has 0 aromatic carbocycles. The van der Waals surface area contributed by atoms with Gasteiger partial charge < -0.3 is 4.43 Å². The lowest BCUT2D eigenvalue weighted by molar-refractivity contribution is 0.335. The topological polar surface area (TPSA) is 9.23 Å². The predicted octanol–water partition coefficient (Wildman–Crippen LogP) is 1.28. The first-order chi connectivity index (χ1) is 4.41. The summed E-state index contributed by atoms with van der Waals surface area (Å²) < 4.78 is 4.98. The summed E-state index contributed by atoms with van der Waals surface area (Å²) in [5.74, 6) is 0. The van der Waals surface area contributed by atoms with E-state index in [0.29, 0.717) is 0 Å². The maximum atomic E-state index is 4.98. The molecule has 0 aliphatic heterocycles. The van der Waals surface area contributed by atoms with Crippen LogP contribution in [0.3, 0.4) is 0 Å². The van der Waals surface area contributed by atoms with Gasteiger partial charge in [0.15, 0.2) is 0 Å². The van der Waals surface area contributed by atoms with Gasteiger partial charge in [0, 0.05) is 6.61 Å². The van der Waals surface area contributed by atoms with E-state index in [1.54, 1.807) is 0 Å². The summed E-state index contributed by atoms with van der Waals surface area (Å²) in [4.78, 5) is 0. The third kappa shape index (κ3) is 18.1. The Morgan fingerprint density at radius 1 is 1.33 bits per heavy atom. The van der Waals surface area contributed by atoms with Crippen molar-refractivity contribution in [3.63, 3.8) is 0 Å². The summed E-state index contributed by atoms with van der Waals surface area (Å²) >= 11 is 0. The standard InChI is InChI=1S/C5H14OSi.C2H4/c1-2-3-4-5-6-7;1-2/h2-5H2,1,7H3;1-2H2. The van der Waals surface area contributed by atoms with Gasteiger partial charge in [0.05, 0.1) is 0 Å². The smallest absolute Gasteiger partial charge is 0.145 e. The van der Waals surface area contributed by atoms with Gasteiger partial charge >= 0.3 is 0 Å². The van der Waals surface area contributed by atoms with E-state index in [0.717, 1.165) is 17.1 Å². The van der Waals surface area contributed by atoms with Crippen LogP contribution in [0.5, 0.6) is 0 Å². The Morgan fingerprint density at radius 3 is 2.22 bits per heavy atom. The van der Waals surface area contributed by atoms with Gasteiger partial charge in [-0.2, -0.15) is 0 Å². The van der Waals surface area contributed by atoms with Crippen molar-refractivity contribution in [3.8, 4) is 0 Å². The van der Waals surface area contributed by atoms with Crippen LogP contribution in [-0.2, 0) is 4.43 Å². The highest BCUT2D eigenvalue weighted by Gasteiger charge is 1.79. The van der Waals surface area contributed by atoms with Gasteiger partial charge in [0.25, 0.3) is 0 Å². The molecule has 0 saturated carbocycles. The summed E-state index contributed by atoms with van der Waals surface area (Å²) in [6.45, 7) is 9.19. The fourth-order valence-corrected chi connectivity index (χ4v) is 0.785. The number of unbranched alkanes of at least 4 members (excludes halogenated alkanes) is 2. The van der Waals surface area contributed by atoms with E-state index in [-0.39, 0.29) is 0 Å². The van der Waals surface area contributed by atoms with Crippen LogP contribution in [0.2, 0.25) is 0 Å². The molecule has 0 aromatic rings. The maximum absolute atomic E-state index is 4.98. The number of hydrogen-bond donors (Lipinski definition) is 0. The fourth-order valence-electron chi connectivity index (χ4n) is 0.496. The molecule has 9 heavy (non-hydrogen) atoms. The molecule has 0 rings (SSSR count). The van der Waals surface area contributed by atoms with Gasteiger partial charge in [0.2, 0.25) is 0 Å². The second-order valence-electron chi connectivity index (χ2n) is 1.70. The van der Waals surface area contributed by atoms with Crippen molar-refractivity contribution in [2.24, 2.45) is 0 Å². The highest BCUT2D eigenvalue weighted by atomic mass is 28.2. The van der Waals surface area contributed by atoms with E-state index >= 15 is 0 Å². The van der Waals surface area contributed by atoms with Gasteiger partial charge in [-0.25, -0.2) is 0 Å². The first-order valence-corrected chi connectivity index (χ1v) is 4.22. The first-order valence-electron chi connectivity index (χ1n) is 3.40. The summed E-state index contributed by atoms with van der Waals surface area (Å²) in [5.41, 5.74) is 0. The minimum Gasteiger partial charge on any atom is -0.428 e. The molecule has 0 fully saturated rings. The number of rotatable bonds is 4. The quantitative estimate of drug-likeness (QED) is 0.330. The minimum atomic E-state index is 0.906. The van der Waals surface area contributed by atoms with E-state index in [9.17, 15) is 0 Å². The lowest BCUT2D eigenvalue weighted by Gasteiger charge is -1.93. The van der Waals surface area contributed by atoms with E-state index in [1.807, 2.05) is 0 Å². The third-order valence-corrected chi connectivity index (χ3v) is 1.36. The van der Waals surface area contributed by atoms with E-state index in [2.05, 4.69) is 20.1 Å². The monoisotopic (exact) mass is 146 g/mol. The molecule has 0 radical (unpaired) electrons. The van der Waals surface area contributed by atoms with Crippen LogP contribution in [0.1, 0.15) is 26.2 Å². The van der Waals surface area contributed by atoms with Gasteiger partial charge in [-0.3, -0.25) is 0 Å². The lowest BCUT2D eigenvalue weighted by atomic mass is 10.3. The number of hydrogen-bond acceptors (Lipinski definition) is 1. The molecule has 0 aromatic heterocycles. The molecule has 2 heteroatoms. The molecule has 0 saturated heterocycles. The van der Waals surface area contributed by atoms with E-state index < -0.39 is 0 Å². The Labute approximate surface area is 61.7 Å². The molecule has 1 nitrogen and oxygen atoms in total. The normalized spacial score (nSPS) is 8.11. The Kier molecular flexibility index (Phi) is 20.3. The van der Waals surface area contributed by atoms with Crippen molar-refractivity contribution in [1.29, 1.82) is 0 Å². The zero-order chi connectivity index (χ0) is 7.54. The van der Waals surface area contributed by atoms with Crippen molar-refractivity contribution in [2.45, 2.75) is 26.2 Å². The molecule has 0 aliphatic rings. The summed E-state index contributed by atoms with van der Waals surface area (Å²) in [5, 5.41) is 0. The van der Waals surface area contributed by atoms with Crippen LogP contribution in [-0.4, -0.2) is 17.1 Å². The molecule has 56 valence electrons. The van der Waals surface area contributed by atoms with Gasteiger partial charge in [-0.1, -0.05) is 19.8 Å². The van der Waals surface area contributed by atoms with Gasteiger partial charge in [-0.15, -0.1) is 13.2 Å². The second kappa shape index (κ2) is 15.7. The van der Waals surface area contributed by atoms with Crippen molar-refractivity contribution in [3.05, 3.63) is 13.2 Å². The van der Waals surface area contributed by atoms with E-state index in [4.69, 9.17) is 4.43 Å². The molecule has 0 unspecified atom stereocenters. The predicted molar refractivity (Wildman–Crippen MR) is 46.7 cm³/mol. The lowest BCUT2D eigenvalue weighted by Crippen LogP contribution is -1.87. The van der Waals surface area contributed by atoms with Crippen LogP contribution >= 0.6 is 0 Å². The highest BCUT2D eigenvalue weighted by molar-refractivity contribution is 5.97. The Hall–Kier alpha value is -0.0831. The van der Waals surface area contributed by atoms with Crippen molar-refractivity contribution in [2.75, 3.05) is 6.61 Å². The largest absolute Gasteiger partial charge is 0.428 e. The third-order valence-electron chi connectivity index (χ3n) is 0.952. The molecule has 0 N–H and O–H groups in total. The van der Waals surface area contributed by atoms with Crippen LogP contribution in [0.15, 0.2) is 13.2 Å². The molecule has 0 bridgehead atoms. The summed E-state index contributed by atoms with van der Waals surface area (Å²) in [6, 6.07) is 0. The molecule has 0 heterocycles. The maximum Gasteiger partial charge on any atom is 0.145 e. The molecule has 0 atom stereocenters. The fraction of sp³-hybridized carbons (Fsp3) is 0.714. The first kappa shape index (κ1) is 11.7. The average molecular weight is 146 g/mol. The second-order valence-corrected chi connectivity index (χ2v) is 2.28. The Bertz CT molecular complexity index is 35.9. The van der Waals surface area contributed by atoms with Crippen LogP contribution in [0, 0.1) is 0 Å². The van der Waals surface area contributed by atoms with Crippen LogP contribution in [0.4, 0.5) is 0 Å². The van der Waals surface area contributed by atoms with Crippen LogP contribution < -0.4 is 0 Å².